The molecule has 1 heterocycles. The second kappa shape index (κ2) is 4.92. The highest BCUT2D eigenvalue weighted by Crippen LogP contribution is 2.22. The van der Waals surface area contributed by atoms with E-state index in [-0.39, 0.29) is 11.5 Å². The first-order valence-electron chi connectivity index (χ1n) is 6.72. The van der Waals surface area contributed by atoms with Crippen LogP contribution in [0.1, 0.15) is 40.7 Å². The molecule has 1 aliphatic rings. The van der Waals surface area contributed by atoms with Crippen molar-refractivity contribution in [1.82, 2.24) is 4.57 Å². The van der Waals surface area contributed by atoms with Crippen molar-refractivity contribution in [3.8, 4) is 5.75 Å². The molecule has 0 saturated heterocycles. The van der Waals surface area contributed by atoms with E-state index in [9.17, 15) is 9.90 Å². The van der Waals surface area contributed by atoms with Gasteiger partial charge in [-0.05, 0) is 42.5 Å². The molecule has 1 aliphatic carbocycles. The van der Waals surface area contributed by atoms with Gasteiger partial charge in [0, 0.05) is 30.9 Å². The van der Waals surface area contributed by atoms with Crippen molar-refractivity contribution in [3.05, 3.63) is 53.3 Å². The average Bonchev–Trinajstić information content (AvgIpc) is 2.72. The van der Waals surface area contributed by atoms with Crippen LogP contribution >= 0.6 is 0 Å². The highest BCUT2D eigenvalue weighted by Gasteiger charge is 2.17. The molecule has 0 bridgehead atoms. The molecule has 0 unspecified atom stereocenters. The molecular formula is C16H17NO2. The number of aromatic hydroxyl groups is 1. The SMILES string of the molecule is O=C1CCCCc2cn(Cc3ccc(O)cc3)cc21. The normalized spacial score (nSPS) is 15.1. The van der Waals surface area contributed by atoms with Crippen molar-refractivity contribution in [1.29, 1.82) is 0 Å². The molecule has 1 N–H and O–H groups in total. The minimum atomic E-state index is 0.275. The van der Waals surface area contributed by atoms with Crippen LogP contribution in [0.25, 0.3) is 0 Å². The summed E-state index contributed by atoms with van der Waals surface area (Å²) >= 11 is 0. The van der Waals surface area contributed by atoms with Crippen LogP contribution in [0.15, 0.2) is 36.7 Å². The Morgan fingerprint density at radius 3 is 2.58 bits per heavy atom. The molecule has 1 aromatic heterocycles. The van der Waals surface area contributed by atoms with Crippen LogP contribution in [-0.2, 0) is 13.0 Å². The molecule has 3 rings (SSSR count). The number of Topliss-reactive ketones (excluding diaryl/α,β-unsaturated/α-hetero) is 1. The zero-order chi connectivity index (χ0) is 13.2. The monoisotopic (exact) mass is 255 g/mol. The molecule has 3 heteroatoms. The van der Waals surface area contributed by atoms with Crippen LogP contribution in [0.3, 0.4) is 0 Å². The van der Waals surface area contributed by atoms with Crippen molar-refractivity contribution >= 4 is 5.78 Å². The van der Waals surface area contributed by atoms with Crippen LogP contribution in [-0.4, -0.2) is 15.5 Å². The Kier molecular flexibility index (Phi) is 3.11. The number of fused-ring (bicyclic) bond motifs is 1. The Morgan fingerprint density at radius 1 is 1.05 bits per heavy atom. The third-order valence-electron chi connectivity index (χ3n) is 3.66. The first-order valence-corrected chi connectivity index (χ1v) is 6.72. The number of nitrogens with zero attached hydrogens (tertiary/aromatic N) is 1. The first-order chi connectivity index (χ1) is 9.22. The van der Waals surface area contributed by atoms with Crippen molar-refractivity contribution in [2.75, 3.05) is 0 Å². The standard InChI is InChI=1S/C16H17NO2/c18-14-7-5-12(6-8-14)9-17-10-13-3-1-2-4-16(19)15(13)11-17/h5-8,10-11,18H,1-4,9H2. The number of hydrogen-bond acceptors (Lipinski definition) is 2. The van der Waals surface area contributed by atoms with Gasteiger partial charge >= 0.3 is 0 Å². The summed E-state index contributed by atoms with van der Waals surface area (Å²) in [5, 5.41) is 9.27. The third-order valence-corrected chi connectivity index (χ3v) is 3.66. The van der Waals surface area contributed by atoms with Gasteiger partial charge in [0.1, 0.15) is 5.75 Å². The number of aryl methyl sites for hydroxylation is 1. The molecule has 0 atom stereocenters. The van der Waals surface area contributed by atoms with Gasteiger partial charge in [0.25, 0.3) is 0 Å². The Labute approximate surface area is 112 Å². The summed E-state index contributed by atoms with van der Waals surface area (Å²) < 4.78 is 2.07. The second-order valence-corrected chi connectivity index (χ2v) is 5.17. The van der Waals surface area contributed by atoms with Crippen LogP contribution in [0.4, 0.5) is 0 Å². The fourth-order valence-corrected chi connectivity index (χ4v) is 2.65. The molecule has 19 heavy (non-hydrogen) atoms. The van der Waals surface area contributed by atoms with Gasteiger partial charge in [-0.2, -0.15) is 0 Å². The summed E-state index contributed by atoms with van der Waals surface area (Å²) in [6.07, 6.45) is 7.84. The number of carbonyl (C=O) groups excluding carboxylic acids is 1. The number of phenols is 1. The first kappa shape index (κ1) is 12.0. The largest absolute Gasteiger partial charge is 0.508 e. The predicted molar refractivity (Wildman–Crippen MR) is 73.5 cm³/mol. The molecular weight excluding hydrogens is 238 g/mol. The van der Waals surface area contributed by atoms with E-state index >= 15 is 0 Å². The van der Waals surface area contributed by atoms with Crippen molar-refractivity contribution in [3.63, 3.8) is 0 Å². The van der Waals surface area contributed by atoms with Gasteiger partial charge in [0.2, 0.25) is 0 Å². The number of phenolic OH excluding ortho intramolecular Hbond substituents is 1. The van der Waals surface area contributed by atoms with Gasteiger partial charge in [-0.15, -0.1) is 0 Å². The van der Waals surface area contributed by atoms with Crippen molar-refractivity contribution in [2.45, 2.75) is 32.2 Å². The maximum absolute atomic E-state index is 12.0. The van der Waals surface area contributed by atoms with E-state index in [0.29, 0.717) is 6.42 Å². The quantitative estimate of drug-likeness (QED) is 0.838. The van der Waals surface area contributed by atoms with E-state index in [0.717, 1.165) is 36.9 Å². The maximum atomic E-state index is 12.0. The van der Waals surface area contributed by atoms with Crippen molar-refractivity contribution in [2.24, 2.45) is 0 Å². The summed E-state index contributed by atoms with van der Waals surface area (Å²) in [4.78, 5) is 12.0. The molecule has 3 nitrogen and oxygen atoms in total. The van der Waals surface area contributed by atoms with Gasteiger partial charge in [-0.25, -0.2) is 0 Å². The van der Waals surface area contributed by atoms with Crippen LogP contribution in [0.2, 0.25) is 0 Å². The van der Waals surface area contributed by atoms with E-state index in [1.165, 1.54) is 5.56 Å². The molecule has 0 spiro atoms. The van der Waals surface area contributed by atoms with E-state index in [2.05, 4.69) is 10.8 Å². The van der Waals surface area contributed by atoms with E-state index < -0.39 is 0 Å². The highest BCUT2D eigenvalue weighted by atomic mass is 16.3. The lowest BCUT2D eigenvalue weighted by Gasteiger charge is -2.03. The Hall–Kier alpha value is -2.03. The van der Waals surface area contributed by atoms with Crippen LogP contribution in [0.5, 0.6) is 5.75 Å². The topological polar surface area (TPSA) is 42.2 Å². The number of benzene rings is 1. The summed E-state index contributed by atoms with van der Waals surface area (Å²) in [5.74, 6) is 0.555. The second-order valence-electron chi connectivity index (χ2n) is 5.17. The smallest absolute Gasteiger partial charge is 0.164 e. The Balaban J connectivity index is 1.84. The molecule has 0 fully saturated rings. The summed E-state index contributed by atoms with van der Waals surface area (Å²) in [5.41, 5.74) is 3.20. The number of ketones is 1. The van der Waals surface area contributed by atoms with Gasteiger partial charge in [-0.1, -0.05) is 12.1 Å². The van der Waals surface area contributed by atoms with Gasteiger partial charge in [0.05, 0.1) is 0 Å². The molecule has 0 amide bonds. The van der Waals surface area contributed by atoms with E-state index in [1.807, 2.05) is 18.3 Å². The Morgan fingerprint density at radius 2 is 1.79 bits per heavy atom. The van der Waals surface area contributed by atoms with Gasteiger partial charge in [-0.3, -0.25) is 4.79 Å². The van der Waals surface area contributed by atoms with Gasteiger partial charge < -0.3 is 9.67 Å². The predicted octanol–water partition coefficient (Wildman–Crippen LogP) is 3.15. The summed E-state index contributed by atoms with van der Waals surface area (Å²) in [6.45, 7) is 0.737. The molecule has 2 aromatic rings. The maximum Gasteiger partial charge on any atom is 0.164 e. The molecule has 0 aliphatic heterocycles. The minimum Gasteiger partial charge on any atom is -0.508 e. The van der Waals surface area contributed by atoms with Gasteiger partial charge in [0.15, 0.2) is 5.78 Å². The molecule has 98 valence electrons. The molecule has 0 radical (unpaired) electrons. The molecule has 0 saturated carbocycles. The summed E-state index contributed by atoms with van der Waals surface area (Å²) in [7, 11) is 0. The third kappa shape index (κ3) is 2.55. The van der Waals surface area contributed by atoms with E-state index in [1.54, 1.807) is 12.1 Å². The fraction of sp³-hybridized carbons (Fsp3) is 0.312. The van der Waals surface area contributed by atoms with Crippen molar-refractivity contribution < 1.29 is 9.90 Å². The Bertz CT molecular complexity index is 596. The number of hydrogen-bond donors (Lipinski definition) is 1. The lowest BCUT2D eigenvalue weighted by atomic mass is 10.1. The number of carbonyl (C=O) groups is 1. The average molecular weight is 255 g/mol. The minimum absolute atomic E-state index is 0.275. The molecule has 1 aromatic carbocycles. The lowest BCUT2D eigenvalue weighted by Crippen LogP contribution is -1.98. The van der Waals surface area contributed by atoms with E-state index in [4.69, 9.17) is 0 Å². The fourth-order valence-electron chi connectivity index (χ4n) is 2.65. The summed E-state index contributed by atoms with van der Waals surface area (Å²) in [6, 6.07) is 7.19. The zero-order valence-corrected chi connectivity index (χ0v) is 10.8. The number of aromatic nitrogens is 1. The van der Waals surface area contributed by atoms with Crippen LogP contribution < -0.4 is 0 Å². The van der Waals surface area contributed by atoms with Crippen LogP contribution in [0, 0.1) is 0 Å². The lowest BCUT2D eigenvalue weighted by molar-refractivity contribution is 0.0982. The highest BCUT2D eigenvalue weighted by molar-refractivity contribution is 5.97. The zero-order valence-electron chi connectivity index (χ0n) is 10.8. The number of rotatable bonds is 2.